The predicted octanol–water partition coefficient (Wildman–Crippen LogP) is 4.52. The fraction of sp³-hybridized carbons (Fsp3) is 0.214. The molecule has 36 heavy (non-hydrogen) atoms. The molecule has 0 spiro atoms. The van der Waals surface area contributed by atoms with Crippen LogP contribution < -0.4 is 9.75 Å². The number of rotatable bonds is 5. The Balaban J connectivity index is 1.54. The van der Waals surface area contributed by atoms with Gasteiger partial charge < -0.3 is 9.47 Å². The molecule has 0 bridgehead atoms. The third kappa shape index (κ3) is 4.05. The molecule has 5 rings (SSSR count). The first-order valence-corrected chi connectivity index (χ1v) is 11.6. The van der Waals surface area contributed by atoms with Gasteiger partial charge >= 0.3 is 6.09 Å². The third-order valence-corrected chi connectivity index (χ3v) is 6.58. The molecule has 1 saturated heterocycles. The molecule has 2 amide bonds. The molecule has 2 aliphatic rings. The monoisotopic (exact) mass is 480 g/mol. The number of methoxy groups -OCH3 is 1. The van der Waals surface area contributed by atoms with Gasteiger partial charge in [0.25, 0.3) is 5.91 Å². The summed E-state index contributed by atoms with van der Waals surface area (Å²) in [7, 11) is 1.59. The molecule has 0 aromatic heterocycles. The maximum Gasteiger partial charge on any atom is 0.417 e. The van der Waals surface area contributed by atoms with E-state index >= 15 is 0 Å². The number of benzene rings is 3. The van der Waals surface area contributed by atoms with E-state index in [4.69, 9.17) is 19.8 Å². The summed E-state index contributed by atoms with van der Waals surface area (Å²) in [6, 6.07) is 24.6. The van der Waals surface area contributed by atoms with Gasteiger partial charge in [0.2, 0.25) is 0 Å². The van der Waals surface area contributed by atoms with Crippen LogP contribution in [0.4, 0.5) is 10.5 Å². The SMILES string of the molecule is COc1ccc(N2N=C(c3ccc(C#N)cc3)[C@H](C)[C@H]2C(=O)N2C(=O)OCC2c2ccccc2)cc1. The van der Waals surface area contributed by atoms with Crippen LogP contribution >= 0.6 is 0 Å². The highest BCUT2D eigenvalue weighted by Crippen LogP contribution is 2.36. The van der Waals surface area contributed by atoms with Crippen LogP contribution in [0.2, 0.25) is 0 Å². The maximum absolute atomic E-state index is 14.1. The molecule has 180 valence electrons. The summed E-state index contributed by atoms with van der Waals surface area (Å²) in [6.45, 7) is 2.02. The molecule has 1 fully saturated rings. The molecule has 8 heteroatoms. The first-order valence-electron chi connectivity index (χ1n) is 11.6. The average Bonchev–Trinajstić information content (AvgIpc) is 3.49. The van der Waals surface area contributed by atoms with Gasteiger partial charge in [-0.15, -0.1) is 0 Å². The number of ether oxygens (including phenoxy) is 2. The van der Waals surface area contributed by atoms with E-state index in [-0.39, 0.29) is 18.4 Å². The van der Waals surface area contributed by atoms with Crippen LogP contribution in [0, 0.1) is 17.2 Å². The Bertz CT molecular complexity index is 1350. The van der Waals surface area contributed by atoms with Gasteiger partial charge in [-0.05, 0) is 47.5 Å². The van der Waals surface area contributed by atoms with E-state index in [0.29, 0.717) is 22.7 Å². The van der Waals surface area contributed by atoms with E-state index in [9.17, 15) is 9.59 Å². The molecule has 0 radical (unpaired) electrons. The average molecular weight is 481 g/mol. The normalized spacial score (nSPS) is 21.1. The zero-order valence-corrected chi connectivity index (χ0v) is 19.9. The Hall–Kier alpha value is -4.64. The van der Waals surface area contributed by atoms with Crippen molar-refractivity contribution in [2.24, 2.45) is 11.0 Å². The van der Waals surface area contributed by atoms with Crippen molar-refractivity contribution < 1.29 is 19.1 Å². The van der Waals surface area contributed by atoms with Gasteiger partial charge in [0, 0.05) is 5.92 Å². The van der Waals surface area contributed by atoms with E-state index in [0.717, 1.165) is 11.1 Å². The molecule has 3 atom stereocenters. The van der Waals surface area contributed by atoms with Crippen LogP contribution in [0.25, 0.3) is 0 Å². The minimum absolute atomic E-state index is 0.0988. The van der Waals surface area contributed by atoms with Crippen molar-refractivity contribution in [1.82, 2.24) is 4.90 Å². The number of hydrogen-bond acceptors (Lipinski definition) is 7. The topological polar surface area (TPSA) is 95.2 Å². The molecule has 2 heterocycles. The smallest absolute Gasteiger partial charge is 0.417 e. The molecule has 3 aromatic rings. The second-order valence-corrected chi connectivity index (χ2v) is 8.66. The minimum Gasteiger partial charge on any atom is -0.497 e. The molecule has 8 nitrogen and oxygen atoms in total. The van der Waals surface area contributed by atoms with E-state index in [1.807, 2.05) is 61.5 Å². The summed E-state index contributed by atoms with van der Waals surface area (Å²) < 4.78 is 10.6. The summed E-state index contributed by atoms with van der Waals surface area (Å²) in [4.78, 5) is 28.1. The lowest BCUT2D eigenvalue weighted by Gasteiger charge is -2.30. The van der Waals surface area contributed by atoms with Gasteiger partial charge in [-0.25, -0.2) is 9.69 Å². The third-order valence-electron chi connectivity index (χ3n) is 6.58. The number of cyclic esters (lactones) is 1. The van der Waals surface area contributed by atoms with Gasteiger partial charge in [-0.1, -0.05) is 49.4 Å². The number of hydrogen-bond donors (Lipinski definition) is 0. The standard InChI is InChI=1S/C28H24N4O4/c1-18-25(21-10-8-19(16-29)9-11-21)30-32(22-12-14-23(35-2)15-13-22)26(18)27(33)31-24(17-36-28(31)34)20-6-4-3-5-7-20/h3-15,18,24,26H,17H2,1-2H3/t18-,24?,26-/m0/s1. The lowest BCUT2D eigenvalue weighted by atomic mass is 9.91. The zero-order chi connectivity index (χ0) is 25.2. The van der Waals surface area contributed by atoms with E-state index in [1.165, 1.54) is 4.90 Å². The summed E-state index contributed by atoms with van der Waals surface area (Å²) in [6.07, 6.45) is -0.664. The molecule has 1 unspecified atom stereocenters. The van der Waals surface area contributed by atoms with Crippen molar-refractivity contribution in [2.45, 2.75) is 19.0 Å². The minimum atomic E-state index is -0.777. The number of imide groups is 1. The fourth-order valence-corrected chi connectivity index (χ4v) is 4.67. The lowest BCUT2D eigenvalue weighted by molar-refractivity contribution is -0.131. The van der Waals surface area contributed by atoms with Gasteiger partial charge in [0.15, 0.2) is 0 Å². The number of hydrazone groups is 1. The molecular weight excluding hydrogens is 456 g/mol. The maximum atomic E-state index is 14.1. The Morgan fingerprint density at radius 3 is 2.39 bits per heavy atom. The summed E-state index contributed by atoms with van der Waals surface area (Å²) in [5, 5.41) is 15.7. The Morgan fingerprint density at radius 2 is 1.75 bits per heavy atom. The lowest BCUT2D eigenvalue weighted by Crippen LogP contribution is -2.49. The number of nitriles is 1. The Morgan fingerprint density at radius 1 is 1.06 bits per heavy atom. The molecule has 3 aromatic carbocycles. The van der Waals surface area contributed by atoms with Crippen molar-refractivity contribution in [1.29, 1.82) is 5.26 Å². The second-order valence-electron chi connectivity index (χ2n) is 8.66. The first kappa shape index (κ1) is 23.1. The van der Waals surface area contributed by atoms with Crippen LogP contribution in [0.5, 0.6) is 5.75 Å². The van der Waals surface area contributed by atoms with Crippen LogP contribution in [0.1, 0.15) is 29.7 Å². The Kier molecular flexibility index (Phi) is 6.13. The molecule has 0 saturated carbocycles. The van der Waals surface area contributed by atoms with Gasteiger partial charge in [0.1, 0.15) is 24.4 Å². The molecular formula is C28H24N4O4. The summed E-state index contributed by atoms with van der Waals surface area (Å²) >= 11 is 0. The number of anilines is 1. The number of nitrogens with zero attached hydrogens (tertiary/aromatic N) is 4. The Labute approximate surface area is 209 Å². The zero-order valence-electron chi connectivity index (χ0n) is 19.9. The van der Waals surface area contributed by atoms with Crippen LogP contribution in [-0.4, -0.2) is 42.4 Å². The molecule has 2 aliphatic heterocycles. The van der Waals surface area contributed by atoms with Crippen molar-refractivity contribution in [2.75, 3.05) is 18.7 Å². The second kappa shape index (κ2) is 9.55. The number of carbonyl (C=O) groups is 2. The quantitative estimate of drug-likeness (QED) is 0.533. The van der Waals surface area contributed by atoms with Crippen LogP contribution in [0.15, 0.2) is 84.0 Å². The van der Waals surface area contributed by atoms with Crippen LogP contribution in [-0.2, 0) is 9.53 Å². The van der Waals surface area contributed by atoms with E-state index in [1.54, 1.807) is 36.4 Å². The van der Waals surface area contributed by atoms with Gasteiger partial charge in [-0.3, -0.25) is 9.80 Å². The molecule has 0 aliphatic carbocycles. The largest absolute Gasteiger partial charge is 0.497 e. The van der Waals surface area contributed by atoms with Crippen molar-refractivity contribution in [3.63, 3.8) is 0 Å². The van der Waals surface area contributed by atoms with E-state index < -0.39 is 18.2 Å². The fourth-order valence-electron chi connectivity index (χ4n) is 4.67. The van der Waals surface area contributed by atoms with E-state index in [2.05, 4.69) is 6.07 Å². The van der Waals surface area contributed by atoms with Gasteiger partial charge in [0.05, 0.1) is 30.1 Å². The van der Waals surface area contributed by atoms with Crippen LogP contribution in [0.3, 0.4) is 0 Å². The van der Waals surface area contributed by atoms with Gasteiger partial charge in [-0.2, -0.15) is 10.4 Å². The highest BCUT2D eigenvalue weighted by atomic mass is 16.6. The predicted molar refractivity (Wildman–Crippen MR) is 133 cm³/mol. The summed E-state index contributed by atoms with van der Waals surface area (Å²) in [5.74, 6) is -0.0585. The number of carbonyl (C=O) groups excluding carboxylic acids is 2. The highest BCUT2D eigenvalue weighted by molar-refractivity contribution is 6.10. The first-order chi connectivity index (χ1) is 17.5. The van der Waals surface area contributed by atoms with Crippen molar-refractivity contribution in [3.8, 4) is 11.8 Å². The van der Waals surface area contributed by atoms with Crippen molar-refractivity contribution in [3.05, 3.63) is 95.6 Å². The molecule has 0 N–H and O–H groups in total. The highest BCUT2D eigenvalue weighted by Gasteiger charge is 2.48. The summed E-state index contributed by atoms with van der Waals surface area (Å²) in [5.41, 5.74) is 3.55. The van der Waals surface area contributed by atoms with Crippen molar-refractivity contribution >= 4 is 23.4 Å². The number of amides is 2.